The minimum atomic E-state index is -3.42. The van der Waals surface area contributed by atoms with E-state index in [1.54, 1.807) is 0 Å². The number of rotatable bonds is 10. The van der Waals surface area contributed by atoms with Gasteiger partial charge in [0.15, 0.2) is 23.3 Å². The predicted octanol–water partition coefficient (Wildman–Crippen LogP) is -3.26. The first-order chi connectivity index (χ1) is 29.7. The molecule has 2 aromatic carbocycles. The van der Waals surface area contributed by atoms with Crippen molar-refractivity contribution in [3.8, 4) is 11.5 Å². The Hall–Kier alpha value is -5.08. The van der Waals surface area contributed by atoms with Crippen LogP contribution >= 0.6 is 0 Å². The largest absolute Gasteiger partial charge is 0.507 e. The molecule has 2 saturated heterocycles. The fraction of sp³-hybridized carbons (Fsp3) is 0.512. The first-order valence-electron chi connectivity index (χ1n) is 19.5. The van der Waals surface area contributed by atoms with Crippen LogP contribution in [0.1, 0.15) is 75.4 Å². The van der Waals surface area contributed by atoms with Crippen LogP contribution in [-0.4, -0.2) is 182 Å². The third-order valence-electron chi connectivity index (χ3n) is 12.6. The lowest BCUT2D eigenvalue weighted by Crippen LogP contribution is -2.73. The number of aryl methyl sites for hydroxylation is 1. The normalized spacial score (nSPS) is 34.9. The van der Waals surface area contributed by atoms with E-state index in [-0.39, 0.29) is 11.1 Å². The number of benzene rings is 2. The molecule has 0 spiro atoms. The zero-order chi connectivity index (χ0) is 46.4. The number of carbonyl (C=O) groups excluding carboxylic acids is 6. The summed E-state index contributed by atoms with van der Waals surface area (Å²) in [6.07, 6.45) is -15.1. The zero-order valence-electron chi connectivity index (χ0n) is 34.1. The van der Waals surface area contributed by atoms with Crippen molar-refractivity contribution in [2.45, 2.75) is 92.8 Å². The molecular formula is C41H45NO21. The van der Waals surface area contributed by atoms with Gasteiger partial charge < -0.3 is 79.7 Å². The molecule has 63 heavy (non-hydrogen) atoms. The van der Waals surface area contributed by atoms with Crippen LogP contribution in [-0.2, 0) is 45.2 Å². The lowest BCUT2D eigenvalue weighted by Gasteiger charge is -2.53. The number of esters is 1. The second kappa shape index (κ2) is 16.5. The average Bonchev–Trinajstić information content (AvgIpc) is 3.24. The Morgan fingerprint density at radius 2 is 1.56 bits per heavy atom. The smallest absolute Gasteiger partial charge is 0.379 e. The van der Waals surface area contributed by atoms with Crippen molar-refractivity contribution < 1.29 is 103 Å². The molecule has 0 radical (unpaired) electrons. The predicted molar refractivity (Wildman–Crippen MR) is 204 cm³/mol. The van der Waals surface area contributed by atoms with Gasteiger partial charge in [-0.2, -0.15) is 0 Å². The van der Waals surface area contributed by atoms with Crippen molar-refractivity contribution in [3.05, 3.63) is 68.4 Å². The van der Waals surface area contributed by atoms with E-state index in [4.69, 9.17) is 23.7 Å². The number of hydrogen-bond acceptors (Lipinski definition) is 22. The number of aliphatic hydroxyl groups is 7. The number of ether oxygens (including phenoxy) is 6. The molecule has 0 unspecified atom stereocenters. The topological polar surface area (TPSA) is 352 Å². The summed E-state index contributed by atoms with van der Waals surface area (Å²) in [6, 6.07) is 1.93. The van der Waals surface area contributed by atoms with Crippen LogP contribution in [0.15, 0.2) is 23.9 Å². The Labute approximate surface area is 356 Å². The van der Waals surface area contributed by atoms with E-state index < -0.39 is 184 Å². The van der Waals surface area contributed by atoms with E-state index in [2.05, 4.69) is 10.1 Å². The lowest BCUT2D eigenvalue weighted by molar-refractivity contribution is -0.339. The molecule has 0 amide bonds. The van der Waals surface area contributed by atoms with Gasteiger partial charge in [-0.1, -0.05) is 6.07 Å². The summed E-state index contributed by atoms with van der Waals surface area (Å²) in [5, 5.41) is 102. The number of ketones is 5. The van der Waals surface area contributed by atoms with E-state index in [0.29, 0.717) is 0 Å². The van der Waals surface area contributed by atoms with Gasteiger partial charge in [0.25, 0.3) is 5.78 Å². The number of phenolic OH excluding ortho intramolecular Hbond substituents is 2. The summed E-state index contributed by atoms with van der Waals surface area (Å²) in [4.78, 5) is 83.1. The molecule has 0 aromatic heterocycles. The Kier molecular flexibility index (Phi) is 12.0. The van der Waals surface area contributed by atoms with Gasteiger partial charge in [0.2, 0.25) is 17.3 Å². The molecule has 0 bridgehead atoms. The molecule has 10 N–H and O–H groups in total. The molecule has 2 aliphatic heterocycles. The fourth-order valence-electron chi connectivity index (χ4n) is 9.50. The van der Waals surface area contributed by atoms with E-state index >= 15 is 0 Å². The van der Waals surface area contributed by atoms with Gasteiger partial charge in [-0.25, -0.2) is 4.79 Å². The number of aliphatic hydroxyl groups excluding tert-OH is 6. The van der Waals surface area contributed by atoms with Gasteiger partial charge in [0.1, 0.15) is 48.2 Å². The minimum Gasteiger partial charge on any atom is -0.507 e. The summed E-state index contributed by atoms with van der Waals surface area (Å²) < 4.78 is 33.1. The molecule has 22 nitrogen and oxygen atoms in total. The monoisotopic (exact) mass is 887 g/mol. The second-order valence-electron chi connectivity index (χ2n) is 15.9. The van der Waals surface area contributed by atoms with Gasteiger partial charge in [-0.05, 0) is 31.0 Å². The second-order valence-corrected chi connectivity index (χ2v) is 15.9. The highest BCUT2D eigenvalue weighted by Gasteiger charge is 2.73. The average molecular weight is 888 g/mol. The number of fused-ring (bicyclic) bond motifs is 5. The van der Waals surface area contributed by atoms with Crippen LogP contribution in [0.25, 0.3) is 0 Å². The Balaban J connectivity index is 1.29. The molecular weight excluding hydrogens is 842 g/mol. The van der Waals surface area contributed by atoms with E-state index in [0.717, 1.165) is 26.4 Å². The first-order valence-corrected chi connectivity index (χ1v) is 19.5. The van der Waals surface area contributed by atoms with Crippen molar-refractivity contribution in [2.24, 2.45) is 5.92 Å². The lowest BCUT2D eigenvalue weighted by atomic mass is 9.56. The Bertz CT molecular complexity index is 2340. The van der Waals surface area contributed by atoms with Crippen LogP contribution in [0.2, 0.25) is 0 Å². The van der Waals surface area contributed by atoms with Crippen molar-refractivity contribution in [3.63, 3.8) is 0 Å². The number of Topliss-reactive ketones (excluding diaryl/α,β-unsaturated/α-hetero) is 4. The summed E-state index contributed by atoms with van der Waals surface area (Å²) in [6.45, 7) is 1.27. The summed E-state index contributed by atoms with van der Waals surface area (Å²) in [5.41, 5.74) is -12.0. The number of methoxy groups -OCH3 is 3. The molecule has 0 saturated carbocycles. The molecule has 13 atom stereocenters. The van der Waals surface area contributed by atoms with Gasteiger partial charge in [-0.3, -0.25) is 24.0 Å². The highest BCUT2D eigenvalue weighted by Crippen LogP contribution is 2.56. The van der Waals surface area contributed by atoms with Crippen LogP contribution in [0.3, 0.4) is 0 Å². The van der Waals surface area contributed by atoms with E-state index in [1.807, 2.05) is 0 Å². The van der Waals surface area contributed by atoms with Crippen molar-refractivity contribution in [1.29, 1.82) is 0 Å². The first kappa shape index (κ1) is 45.9. The molecule has 340 valence electrons. The fourth-order valence-corrected chi connectivity index (χ4v) is 9.50. The Morgan fingerprint density at radius 3 is 2.16 bits per heavy atom. The number of nitrogens with one attached hydrogen (secondary N) is 1. The van der Waals surface area contributed by atoms with Crippen LogP contribution in [0.4, 0.5) is 0 Å². The standard InChI is InChI=1S/C41H45NO21/c1-12-6-14-7-21(46)41(60-5)36(55)24-16(35(54)40(41,57)25(14)29(50)22(12)30(51)38(56)59-4)8-15-23(28(24)49)19(45)9-18(26(15)47)42-37-17(10-43)34(33(58-3)13(2)61-37)63-39-32(53)31(52)27(48)20(11-44)62-39/h6,8-9,13,17,20-21,27,31-34,37,39,42-44,46,48-50,52-53,57H,7,10-11H2,1-5H3/t13-,17+,20+,21+,27+,31-,32+,33-,34-,37-,39-,40-,41+/m0/s1. The summed E-state index contributed by atoms with van der Waals surface area (Å²) in [5.74, 6) is -11.6. The van der Waals surface area contributed by atoms with Crippen molar-refractivity contribution in [2.75, 3.05) is 34.5 Å². The van der Waals surface area contributed by atoms with Crippen molar-refractivity contribution in [1.82, 2.24) is 5.32 Å². The number of hydrogen-bond donors (Lipinski definition) is 10. The maximum Gasteiger partial charge on any atom is 0.379 e. The highest BCUT2D eigenvalue weighted by molar-refractivity contribution is 6.42. The Morgan fingerprint density at radius 1 is 0.873 bits per heavy atom. The number of carbonyl (C=O) groups is 6. The van der Waals surface area contributed by atoms with E-state index in [9.17, 15) is 74.7 Å². The van der Waals surface area contributed by atoms with Gasteiger partial charge in [-0.15, -0.1) is 0 Å². The highest BCUT2D eigenvalue weighted by atomic mass is 16.7. The molecule has 2 aromatic rings. The van der Waals surface area contributed by atoms with Crippen LogP contribution in [0, 0.1) is 12.8 Å². The van der Waals surface area contributed by atoms with Gasteiger partial charge >= 0.3 is 5.97 Å². The third-order valence-corrected chi connectivity index (χ3v) is 12.6. The van der Waals surface area contributed by atoms with Gasteiger partial charge in [0.05, 0.1) is 66.9 Å². The summed E-state index contributed by atoms with van der Waals surface area (Å²) in [7, 11) is 3.01. The van der Waals surface area contributed by atoms with E-state index in [1.165, 1.54) is 27.0 Å². The number of allylic oxidation sites excluding steroid dienone is 2. The minimum absolute atomic E-state index is 0.0377. The van der Waals surface area contributed by atoms with Crippen LogP contribution in [0.5, 0.6) is 11.5 Å². The zero-order valence-corrected chi connectivity index (χ0v) is 34.1. The molecule has 7 rings (SSSR count). The third kappa shape index (κ3) is 6.47. The molecule has 5 aliphatic rings. The summed E-state index contributed by atoms with van der Waals surface area (Å²) >= 11 is 0. The molecule has 2 heterocycles. The van der Waals surface area contributed by atoms with Crippen molar-refractivity contribution >= 4 is 34.9 Å². The molecule has 2 fully saturated rings. The SMILES string of the molecule is COC(=O)C(=O)c1c(C)cc2c(c1O)[C@]1(O)C(=O)c3cc4c(c(O)c3C(=O)[C@]1(OC)[C@H](O)C2)C(=O)C=C(N[C@H]1O[C@@H](C)[C@H](OC)[C@@H](O[C@@H]2O[C@H](CO)[C@@H](O)[C@H](O)[C@H]2O)[C@H]1CO)C4=O. The number of phenols is 2. The maximum atomic E-state index is 14.8. The van der Waals surface area contributed by atoms with Gasteiger partial charge in [0, 0.05) is 43.4 Å². The quantitative estimate of drug-likeness (QED) is 0.0636. The number of aromatic hydroxyl groups is 2. The molecule has 22 heteroatoms. The van der Waals surface area contributed by atoms with Crippen LogP contribution < -0.4 is 5.32 Å². The maximum absolute atomic E-state index is 14.8. The molecule has 3 aliphatic carbocycles.